The molecule has 0 N–H and O–H groups in total. The molecule has 0 aliphatic carbocycles. The van der Waals surface area contributed by atoms with E-state index in [2.05, 4.69) is 234 Å². The Balaban J connectivity index is 1.07. The molecular weight excluding hydrogens is 755 g/mol. The SMILES string of the molecule is c1ccc(-c2cccc(-c3ccc(-c4nc(-c5ccc6c7ccccc7n(-c7ccccc7)c6c5)nc(-c5cccc6c7ccccc7n(-c7ccccc7)c56)n4)cc3)c2)cc1. The van der Waals surface area contributed by atoms with Gasteiger partial charge in [-0.25, -0.2) is 15.0 Å². The standard InChI is InChI=1S/C57H37N5/c1-4-16-38(17-5-1)41-18-14-19-42(36-41)39-30-32-40(33-31-39)55-58-56(43-34-35-48-46-24-10-12-28-51(46)61(53(48)37-43)44-20-6-2-7-21-44)60-57(59-55)50-27-15-26-49-47-25-11-13-29-52(47)62(54(49)50)45-22-8-3-9-23-45/h1-37H. The molecule has 0 spiro atoms. The van der Waals surface area contributed by atoms with E-state index < -0.39 is 0 Å². The number of para-hydroxylation sites is 5. The third-order valence-electron chi connectivity index (χ3n) is 12.0. The van der Waals surface area contributed by atoms with Crippen LogP contribution < -0.4 is 0 Å². The second kappa shape index (κ2) is 14.7. The van der Waals surface area contributed by atoms with E-state index in [0.29, 0.717) is 17.5 Å². The van der Waals surface area contributed by atoms with E-state index >= 15 is 0 Å². The maximum Gasteiger partial charge on any atom is 0.166 e. The molecule has 0 aliphatic heterocycles. The van der Waals surface area contributed by atoms with Crippen LogP contribution in [0.4, 0.5) is 0 Å². The molecule has 3 heterocycles. The zero-order chi connectivity index (χ0) is 41.0. The van der Waals surface area contributed by atoms with Gasteiger partial charge in [0.25, 0.3) is 0 Å². The van der Waals surface area contributed by atoms with Crippen molar-refractivity contribution in [3.05, 3.63) is 224 Å². The van der Waals surface area contributed by atoms with Crippen molar-refractivity contribution in [3.8, 4) is 67.8 Å². The molecule has 0 atom stereocenters. The Morgan fingerprint density at radius 2 is 0.710 bits per heavy atom. The first-order chi connectivity index (χ1) is 30.7. The average molecular weight is 792 g/mol. The number of benzene rings is 9. The van der Waals surface area contributed by atoms with Gasteiger partial charge in [0.05, 0.1) is 22.1 Å². The molecule has 3 aromatic heterocycles. The largest absolute Gasteiger partial charge is 0.309 e. The molecule has 9 aromatic carbocycles. The molecule has 5 nitrogen and oxygen atoms in total. The molecule has 0 bridgehead atoms. The maximum atomic E-state index is 5.38. The molecule has 290 valence electrons. The lowest BCUT2D eigenvalue weighted by Gasteiger charge is -2.13. The van der Waals surface area contributed by atoms with Crippen LogP contribution in [0, 0.1) is 0 Å². The van der Waals surface area contributed by atoms with Gasteiger partial charge in [0.2, 0.25) is 0 Å². The van der Waals surface area contributed by atoms with E-state index in [1.165, 1.54) is 27.3 Å². The maximum absolute atomic E-state index is 5.38. The summed E-state index contributed by atoms with van der Waals surface area (Å²) in [5.41, 5.74) is 14.0. The van der Waals surface area contributed by atoms with Gasteiger partial charge in [-0.15, -0.1) is 0 Å². The average Bonchev–Trinajstić information content (AvgIpc) is 3.87. The molecule has 0 unspecified atom stereocenters. The van der Waals surface area contributed by atoms with Gasteiger partial charge in [0.15, 0.2) is 17.5 Å². The van der Waals surface area contributed by atoms with Crippen molar-refractivity contribution in [2.75, 3.05) is 0 Å². The third-order valence-corrected chi connectivity index (χ3v) is 12.0. The van der Waals surface area contributed by atoms with Crippen LogP contribution in [0.25, 0.3) is 111 Å². The molecule has 62 heavy (non-hydrogen) atoms. The number of hydrogen-bond acceptors (Lipinski definition) is 3. The molecule has 0 aliphatic rings. The summed E-state index contributed by atoms with van der Waals surface area (Å²) in [5, 5.41) is 4.69. The molecule has 0 saturated heterocycles. The molecule has 5 heteroatoms. The highest BCUT2D eigenvalue weighted by atomic mass is 15.1. The Labute approximate surface area is 358 Å². The van der Waals surface area contributed by atoms with Gasteiger partial charge >= 0.3 is 0 Å². The first-order valence-corrected chi connectivity index (χ1v) is 20.9. The van der Waals surface area contributed by atoms with Crippen molar-refractivity contribution in [3.63, 3.8) is 0 Å². The molecule has 0 saturated carbocycles. The molecular formula is C57H37N5. The van der Waals surface area contributed by atoms with Crippen molar-refractivity contribution in [1.29, 1.82) is 0 Å². The second-order valence-electron chi connectivity index (χ2n) is 15.6. The summed E-state index contributed by atoms with van der Waals surface area (Å²) in [7, 11) is 0. The van der Waals surface area contributed by atoms with E-state index in [0.717, 1.165) is 66.6 Å². The number of fused-ring (bicyclic) bond motifs is 6. The quantitative estimate of drug-likeness (QED) is 0.162. The highest BCUT2D eigenvalue weighted by Gasteiger charge is 2.21. The van der Waals surface area contributed by atoms with Crippen LogP contribution in [0.15, 0.2) is 224 Å². The van der Waals surface area contributed by atoms with Crippen LogP contribution in [-0.4, -0.2) is 24.1 Å². The van der Waals surface area contributed by atoms with Crippen LogP contribution >= 0.6 is 0 Å². The molecule has 12 aromatic rings. The second-order valence-corrected chi connectivity index (χ2v) is 15.6. The zero-order valence-corrected chi connectivity index (χ0v) is 33.6. The minimum Gasteiger partial charge on any atom is -0.309 e. The number of nitrogens with zero attached hydrogens (tertiary/aromatic N) is 5. The predicted molar refractivity (Wildman–Crippen MR) is 256 cm³/mol. The fraction of sp³-hybridized carbons (Fsp3) is 0. The minimum atomic E-state index is 0.607. The van der Waals surface area contributed by atoms with Gasteiger partial charge in [0, 0.05) is 49.6 Å². The molecule has 0 radical (unpaired) electrons. The van der Waals surface area contributed by atoms with E-state index in [1.54, 1.807) is 0 Å². The topological polar surface area (TPSA) is 48.5 Å². The fourth-order valence-corrected chi connectivity index (χ4v) is 9.08. The van der Waals surface area contributed by atoms with Crippen molar-refractivity contribution < 1.29 is 0 Å². The van der Waals surface area contributed by atoms with Gasteiger partial charge in [0.1, 0.15) is 0 Å². The summed E-state index contributed by atoms with van der Waals surface area (Å²) in [6, 6.07) is 79.2. The fourth-order valence-electron chi connectivity index (χ4n) is 9.08. The summed E-state index contributed by atoms with van der Waals surface area (Å²) >= 11 is 0. The normalized spacial score (nSPS) is 11.5. The monoisotopic (exact) mass is 791 g/mol. The predicted octanol–water partition coefficient (Wildman–Crippen LogP) is 14.4. The van der Waals surface area contributed by atoms with Crippen LogP contribution in [0.3, 0.4) is 0 Å². The van der Waals surface area contributed by atoms with Gasteiger partial charge < -0.3 is 9.13 Å². The smallest absolute Gasteiger partial charge is 0.166 e. The lowest BCUT2D eigenvalue weighted by molar-refractivity contribution is 1.07. The van der Waals surface area contributed by atoms with Crippen molar-refractivity contribution in [1.82, 2.24) is 24.1 Å². The highest BCUT2D eigenvalue weighted by molar-refractivity contribution is 6.13. The highest BCUT2D eigenvalue weighted by Crippen LogP contribution is 2.39. The van der Waals surface area contributed by atoms with E-state index in [-0.39, 0.29) is 0 Å². The molecule has 12 rings (SSSR count). The summed E-state index contributed by atoms with van der Waals surface area (Å²) in [4.78, 5) is 16.0. The van der Waals surface area contributed by atoms with Crippen LogP contribution in [-0.2, 0) is 0 Å². The van der Waals surface area contributed by atoms with Gasteiger partial charge in [-0.1, -0.05) is 170 Å². The first kappa shape index (κ1) is 35.5. The Bertz CT molecular complexity index is 3610. The third kappa shape index (κ3) is 5.98. The van der Waals surface area contributed by atoms with Crippen molar-refractivity contribution in [2.45, 2.75) is 0 Å². The number of rotatable bonds is 7. The Hall–Kier alpha value is -8.41. The molecule has 0 amide bonds. The van der Waals surface area contributed by atoms with Crippen LogP contribution in [0.5, 0.6) is 0 Å². The Kier molecular flexibility index (Phi) is 8.42. The first-order valence-electron chi connectivity index (χ1n) is 20.9. The van der Waals surface area contributed by atoms with Crippen LogP contribution in [0.2, 0.25) is 0 Å². The van der Waals surface area contributed by atoms with Crippen molar-refractivity contribution >= 4 is 43.6 Å². The lowest BCUT2D eigenvalue weighted by atomic mass is 9.98. The summed E-state index contributed by atoms with van der Waals surface area (Å²) in [6.45, 7) is 0. The number of aromatic nitrogens is 5. The summed E-state index contributed by atoms with van der Waals surface area (Å²) < 4.78 is 4.67. The minimum absolute atomic E-state index is 0.607. The van der Waals surface area contributed by atoms with Gasteiger partial charge in [-0.05, 0) is 76.9 Å². The van der Waals surface area contributed by atoms with Crippen molar-refractivity contribution in [2.24, 2.45) is 0 Å². The van der Waals surface area contributed by atoms with E-state index in [9.17, 15) is 0 Å². The molecule has 0 fully saturated rings. The zero-order valence-electron chi connectivity index (χ0n) is 33.6. The number of hydrogen-bond donors (Lipinski definition) is 0. The van der Waals surface area contributed by atoms with E-state index in [4.69, 9.17) is 15.0 Å². The summed E-state index contributed by atoms with van der Waals surface area (Å²) in [6.07, 6.45) is 0. The van der Waals surface area contributed by atoms with Gasteiger partial charge in [-0.3, -0.25) is 0 Å². The Morgan fingerprint density at radius 1 is 0.258 bits per heavy atom. The lowest BCUT2D eigenvalue weighted by Crippen LogP contribution is -2.02. The Morgan fingerprint density at radius 3 is 1.40 bits per heavy atom. The summed E-state index contributed by atoms with van der Waals surface area (Å²) in [5.74, 6) is 1.83. The van der Waals surface area contributed by atoms with E-state index in [1.807, 2.05) is 0 Å². The van der Waals surface area contributed by atoms with Crippen LogP contribution in [0.1, 0.15) is 0 Å². The van der Waals surface area contributed by atoms with Gasteiger partial charge in [-0.2, -0.15) is 0 Å².